The van der Waals surface area contributed by atoms with Gasteiger partial charge >= 0.3 is 0 Å². The average molecular weight is 193 g/mol. The first kappa shape index (κ1) is 9.71. The van der Waals surface area contributed by atoms with Gasteiger partial charge in [-0.25, -0.2) is 4.98 Å². The summed E-state index contributed by atoms with van der Waals surface area (Å²) in [6, 6.07) is 0.635. The zero-order chi connectivity index (χ0) is 9.97. The Kier molecular flexibility index (Phi) is 2.87. The lowest BCUT2D eigenvalue weighted by Gasteiger charge is -2.27. The molecular formula is C11H19N3. The standard InChI is InChI=1S/C11H19N3/c1-3-14-7-6-13-11(14)10-4-5-12-9(2)8-10/h6-7,9-10,12H,3-5,8H2,1-2H3. The molecule has 2 unspecified atom stereocenters. The Morgan fingerprint density at radius 2 is 2.50 bits per heavy atom. The lowest BCUT2D eigenvalue weighted by Crippen LogP contribution is -2.35. The SMILES string of the molecule is CCn1ccnc1C1CCNC(C)C1. The molecule has 3 nitrogen and oxygen atoms in total. The Labute approximate surface area is 85.5 Å². The Balaban J connectivity index is 2.13. The molecule has 0 aromatic carbocycles. The number of aromatic nitrogens is 2. The van der Waals surface area contributed by atoms with Crippen molar-refractivity contribution >= 4 is 0 Å². The minimum Gasteiger partial charge on any atom is -0.335 e. The molecule has 0 bridgehead atoms. The zero-order valence-electron chi connectivity index (χ0n) is 9.03. The van der Waals surface area contributed by atoms with E-state index in [0.717, 1.165) is 13.1 Å². The summed E-state index contributed by atoms with van der Waals surface area (Å²) < 4.78 is 2.27. The molecular weight excluding hydrogens is 174 g/mol. The second-order valence-corrected chi connectivity index (χ2v) is 4.15. The van der Waals surface area contributed by atoms with Crippen LogP contribution in [0.1, 0.15) is 38.4 Å². The van der Waals surface area contributed by atoms with E-state index in [0.29, 0.717) is 12.0 Å². The van der Waals surface area contributed by atoms with Crippen LogP contribution in [0.3, 0.4) is 0 Å². The molecule has 14 heavy (non-hydrogen) atoms. The maximum atomic E-state index is 4.48. The number of nitrogens with one attached hydrogen (secondary N) is 1. The Morgan fingerprint density at radius 1 is 1.64 bits per heavy atom. The molecule has 0 amide bonds. The predicted octanol–water partition coefficient (Wildman–Crippen LogP) is 1.76. The molecule has 2 atom stereocenters. The van der Waals surface area contributed by atoms with Crippen LogP contribution in [0, 0.1) is 0 Å². The van der Waals surface area contributed by atoms with Crippen molar-refractivity contribution in [3.05, 3.63) is 18.2 Å². The van der Waals surface area contributed by atoms with Gasteiger partial charge in [-0.1, -0.05) is 0 Å². The second kappa shape index (κ2) is 4.13. The van der Waals surface area contributed by atoms with Gasteiger partial charge in [0.15, 0.2) is 0 Å². The van der Waals surface area contributed by atoms with E-state index in [1.807, 2.05) is 6.20 Å². The summed E-state index contributed by atoms with van der Waals surface area (Å²) >= 11 is 0. The number of rotatable bonds is 2. The van der Waals surface area contributed by atoms with Crippen LogP contribution in [0.2, 0.25) is 0 Å². The van der Waals surface area contributed by atoms with Crippen molar-refractivity contribution in [2.45, 2.75) is 45.2 Å². The molecule has 2 heterocycles. The third-order valence-electron chi connectivity index (χ3n) is 3.08. The molecule has 3 heteroatoms. The third-order valence-corrected chi connectivity index (χ3v) is 3.08. The topological polar surface area (TPSA) is 29.9 Å². The molecule has 1 aromatic rings. The van der Waals surface area contributed by atoms with Gasteiger partial charge in [-0.3, -0.25) is 0 Å². The van der Waals surface area contributed by atoms with Gasteiger partial charge < -0.3 is 9.88 Å². The summed E-state index contributed by atoms with van der Waals surface area (Å²) in [4.78, 5) is 4.48. The van der Waals surface area contributed by atoms with Crippen molar-refractivity contribution in [3.8, 4) is 0 Å². The molecule has 1 saturated heterocycles. The van der Waals surface area contributed by atoms with E-state index < -0.39 is 0 Å². The average Bonchev–Trinajstić information content (AvgIpc) is 2.65. The Bertz CT molecular complexity index is 292. The summed E-state index contributed by atoms with van der Waals surface area (Å²) in [7, 11) is 0. The molecule has 1 aliphatic heterocycles. The highest BCUT2D eigenvalue weighted by Crippen LogP contribution is 2.26. The quantitative estimate of drug-likeness (QED) is 0.775. The van der Waals surface area contributed by atoms with Crippen LogP contribution in [0.25, 0.3) is 0 Å². The molecule has 0 aliphatic carbocycles. The number of aryl methyl sites for hydroxylation is 1. The van der Waals surface area contributed by atoms with Crippen LogP contribution in [-0.2, 0) is 6.54 Å². The van der Waals surface area contributed by atoms with E-state index in [1.165, 1.54) is 18.7 Å². The van der Waals surface area contributed by atoms with E-state index in [1.54, 1.807) is 0 Å². The Morgan fingerprint density at radius 3 is 3.21 bits per heavy atom. The van der Waals surface area contributed by atoms with E-state index >= 15 is 0 Å². The molecule has 2 rings (SSSR count). The van der Waals surface area contributed by atoms with E-state index in [2.05, 4.69) is 34.9 Å². The van der Waals surface area contributed by atoms with Gasteiger partial charge in [0.1, 0.15) is 5.82 Å². The van der Waals surface area contributed by atoms with Gasteiger partial charge in [-0.15, -0.1) is 0 Å². The van der Waals surface area contributed by atoms with Crippen molar-refractivity contribution in [2.75, 3.05) is 6.54 Å². The van der Waals surface area contributed by atoms with Crippen molar-refractivity contribution in [1.29, 1.82) is 0 Å². The molecule has 1 N–H and O–H groups in total. The first-order chi connectivity index (χ1) is 6.81. The van der Waals surface area contributed by atoms with Crippen LogP contribution in [0.4, 0.5) is 0 Å². The molecule has 0 spiro atoms. The summed E-state index contributed by atoms with van der Waals surface area (Å²) in [5, 5.41) is 3.47. The summed E-state index contributed by atoms with van der Waals surface area (Å²) in [5.41, 5.74) is 0. The number of hydrogen-bond acceptors (Lipinski definition) is 2. The zero-order valence-corrected chi connectivity index (χ0v) is 9.03. The first-order valence-electron chi connectivity index (χ1n) is 5.55. The van der Waals surface area contributed by atoms with Crippen molar-refractivity contribution < 1.29 is 0 Å². The monoisotopic (exact) mass is 193 g/mol. The number of nitrogens with zero attached hydrogens (tertiary/aromatic N) is 2. The number of imidazole rings is 1. The van der Waals surface area contributed by atoms with Gasteiger partial charge in [0.25, 0.3) is 0 Å². The lowest BCUT2D eigenvalue weighted by molar-refractivity contribution is 0.364. The first-order valence-corrected chi connectivity index (χ1v) is 5.55. The normalized spacial score (nSPS) is 27.9. The van der Waals surface area contributed by atoms with Crippen molar-refractivity contribution in [3.63, 3.8) is 0 Å². The fraction of sp³-hybridized carbons (Fsp3) is 0.727. The molecule has 0 saturated carbocycles. The van der Waals surface area contributed by atoms with Crippen LogP contribution in [-0.4, -0.2) is 22.1 Å². The van der Waals surface area contributed by atoms with Crippen LogP contribution >= 0.6 is 0 Å². The highest BCUT2D eigenvalue weighted by molar-refractivity contribution is 5.03. The van der Waals surface area contributed by atoms with Gasteiger partial charge in [-0.2, -0.15) is 0 Å². The highest BCUT2D eigenvalue weighted by atomic mass is 15.1. The maximum Gasteiger partial charge on any atom is 0.111 e. The minimum atomic E-state index is 0.635. The fourth-order valence-electron chi connectivity index (χ4n) is 2.31. The van der Waals surface area contributed by atoms with Crippen molar-refractivity contribution in [2.24, 2.45) is 0 Å². The summed E-state index contributed by atoms with van der Waals surface area (Å²) in [6.45, 7) is 6.59. The van der Waals surface area contributed by atoms with Gasteiger partial charge in [-0.05, 0) is 33.2 Å². The van der Waals surface area contributed by atoms with Crippen LogP contribution in [0.15, 0.2) is 12.4 Å². The fourth-order valence-corrected chi connectivity index (χ4v) is 2.31. The third kappa shape index (κ3) is 1.82. The van der Waals surface area contributed by atoms with Gasteiger partial charge in [0.05, 0.1) is 0 Å². The van der Waals surface area contributed by atoms with E-state index in [4.69, 9.17) is 0 Å². The smallest absolute Gasteiger partial charge is 0.111 e. The number of piperidine rings is 1. The second-order valence-electron chi connectivity index (χ2n) is 4.15. The van der Waals surface area contributed by atoms with Gasteiger partial charge in [0, 0.05) is 30.9 Å². The Hall–Kier alpha value is -0.830. The summed E-state index contributed by atoms with van der Waals surface area (Å²) in [5.74, 6) is 1.93. The van der Waals surface area contributed by atoms with E-state index in [-0.39, 0.29) is 0 Å². The van der Waals surface area contributed by atoms with Gasteiger partial charge in [0.2, 0.25) is 0 Å². The van der Waals surface area contributed by atoms with E-state index in [9.17, 15) is 0 Å². The largest absolute Gasteiger partial charge is 0.335 e. The lowest BCUT2D eigenvalue weighted by atomic mass is 9.92. The molecule has 1 fully saturated rings. The molecule has 0 radical (unpaired) electrons. The molecule has 1 aliphatic rings. The van der Waals surface area contributed by atoms with Crippen molar-refractivity contribution in [1.82, 2.24) is 14.9 Å². The molecule has 78 valence electrons. The maximum absolute atomic E-state index is 4.48. The number of hydrogen-bond donors (Lipinski definition) is 1. The predicted molar refractivity (Wildman–Crippen MR) is 57.3 cm³/mol. The molecule has 1 aromatic heterocycles. The highest BCUT2D eigenvalue weighted by Gasteiger charge is 2.22. The van der Waals surface area contributed by atoms with Crippen LogP contribution in [0.5, 0.6) is 0 Å². The minimum absolute atomic E-state index is 0.635. The summed E-state index contributed by atoms with van der Waals surface area (Å²) in [6.07, 6.45) is 6.45. The van der Waals surface area contributed by atoms with Crippen LogP contribution < -0.4 is 5.32 Å².